The van der Waals surface area contributed by atoms with Crippen LogP contribution in [0.2, 0.25) is 0 Å². The monoisotopic (exact) mass is 464 g/mol. The summed E-state index contributed by atoms with van der Waals surface area (Å²) in [5.41, 5.74) is 1.74. The van der Waals surface area contributed by atoms with Gasteiger partial charge in [0, 0.05) is 12.2 Å². The molecule has 2 saturated heterocycles. The lowest BCUT2D eigenvalue weighted by Gasteiger charge is -2.24. The van der Waals surface area contributed by atoms with Crippen molar-refractivity contribution in [2.24, 2.45) is 5.10 Å². The van der Waals surface area contributed by atoms with Gasteiger partial charge in [-0.05, 0) is 35.4 Å². The largest absolute Gasteiger partial charge is 0.497 e. The molecule has 3 aliphatic rings. The van der Waals surface area contributed by atoms with Crippen molar-refractivity contribution in [1.82, 2.24) is 15.2 Å². The van der Waals surface area contributed by atoms with Crippen LogP contribution in [-0.4, -0.2) is 64.2 Å². The Hall–Kier alpha value is -3.33. The van der Waals surface area contributed by atoms with Crippen LogP contribution in [0.3, 0.4) is 0 Å². The molecule has 33 heavy (non-hydrogen) atoms. The van der Waals surface area contributed by atoms with E-state index in [1.165, 1.54) is 5.01 Å². The van der Waals surface area contributed by atoms with Crippen molar-refractivity contribution in [3.8, 4) is 5.75 Å². The van der Waals surface area contributed by atoms with Crippen LogP contribution < -0.4 is 10.1 Å². The molecule has 2 fully saturated rings. The second-order valence-corrected chi connectivity index (χ2v) is 9.46. The van der Waals surface area contributed by atoms with Crippen LogP contribution in [0.4, 0.5) is 4.79 Å². The second-order valence-electron chi connectivity index (χ2n) is 8.35. The van der Waals surface area contributed by atoms with Crippen molar-refractivity contribution >= 4 is 35.3 Å². The van der Waals surface area contributed by atoms with Crippen LogP contribution in [0.25, 0.3) is 0 Å². The number of benzene rings is 2. The number of methoxy groups -OCH3 is 1. The maximum atomic E-state index is 13.4. The molecule has 8 nitrogen and oxygen atoms in total. The quantitative estimate of drug-likeness (QED) is 0.687. The lowest BCUT2D eigenvalue weighted by molar-refractivity contribution is -0.139. The zero-order chi connectivity index (χ0) is 23.0. The minimum atomic E-state index is -0.874. The predicted molar refractivity (Wildman–Crippen MR) is 125 cm³/mol. The summed E-state index contributed by atoms with van der Waals surface area (Å²) in [7, 11) is 1.60. The van der Waals surface area contributed by atoms with E-state index in [0.29, 0.717) is 18.6 Å². The van der Waals surface area contributed by atoms with Gasteiger partial charge in [-0.15, -0.1) is 0 Å². The second kappa shape index (κ2) is 8.55. The van der Waals surface area contributed by atoms with Crippen LogP contribution in [-0.2, 0) is 9.59 Å². The highest BCUT2D eigenvalue weighted by Gasteiger charge is 2.53. The molecule has 9 heteroatoms. The number of thioether (sulfide) groups is 1. The minimum absolute atomic E-state index is 0.321. The van der Waals surface area contributed by atoms with Crippen molar-refractivity contribution in [2.45, 2.75) is 24.4 Å². The molecule has 3 aliphatic heterocycles. The first-order chi connectivity index (χ1) is 16.0. The lowest BCUT2D eigenvalue weighted by Crippen LogP contribution is -2.47. The fraction of sp³-hybridized carbons (Fsp3) is 0.333. The number of nitrogens with one attached hydrogen (secondary N) is 1. The number of hydrazone groups is 1. The molecule has 2 aromatic carbocycles. The Kier molecular flexibility index (Phi) is 5.57. The number of amides is 4. The molecule has 2 aromatic rings. The van der Waals surface area contributed by atoms with Crippen LogP contribution >= 0.6 is 11.8 Å². The third-order valence-corrected chi connectivity index (χ3v) is 7.52. The van der Waals surface area contributed by atoms with Crippen molar-refractivity contribution in [1.29, 1.82) is 0 Å². The normalized spacial score (nSPS) is 24.4. The summed E-state index contributed by atoms with van der Waals surface area (Å²) in [6.45, 7) is -0.338. The van der Waals surface area contributed by atoms with Gasteiger partial charge < -0.3 is 10.1 Å². The number of imide groups is 1. The van der Waals surface area contributed by atoms with Gasteiger partial charge in [0.05, 0.1) is 18.9 Å². The van der Waals surface area contributed by atoms with Crippen LogP contribution in [0, 0.1) is 0 Å². The predicted octanol–water partition coefficient (Wildman–Crippen LogP) is 2.80. The summed E-state index contributed by atoms with van der Waals surface area (Å²) >= 11 is 1.63. The molecule has 2 unspecified atom stereocenters. The molecular weight excluding hydrogens is 440 g/mol. The molecule has 5 rings (SSSR count). The lowest BCUT2D eigenvalue weighted by atomic mass is 9.98. The molecule has 3 heterocycles. The average Bonchev–Trinajstić information content (AvgIpc) is 3.55. The Morgan fingerprint density at radius 2 is 1.94 bits per heavy atom. The molecule has 170 valence electrons. The van der Waals surface area contributed by atoms with Gasteiger partial charge in [0.2, 0.25) is 0 Å². The van der Waals surface area contributed by atoms with E-state index in [-0.39, 0.29) is 18.5 Å². The molecule has 0 saturated carbocycles. The van der Waals surface area contributed by atoms with Gasteiger partial charge in [-0.1, -0.05) is 42.5 Å². The third kappa shape index (κ3) is 3.86. The van der Waals surface area contributed by atoms with E-state index in [0.717, 1.165) is 33.2 Å². The zero-order valence-corrected chi connectivity index (χ0v) is 19.0. The number of carbonyl (C=O) groups is 3. The van der Waals surface area contributed by atoms with Crippen molar-refractivity contribution in [3.63, 3.8) is 0 Å². The Labute approximate surface area is 196 Å². The van der Waals surface area contributed by atoms with Gasteiger partial charge in [-0.3, -0.25) is 14.5 Å². The van der Waals surface area contributed by atoms with Crippen LogP contribution in [0.15, 0.2) is 59.7 Å². The summed E-state index contributed by atoms with van der Waals surface area (Å²) in [5, 5.41) is 8.86. The summed E-state index contributed by atoms with van der Waals surface area (Å²) in [5.74, 6) is 1.35. The first-order valence-corrected chi connectivity index (χ1v) is 12.0. The van der Waals surface area contributed by atoms with E-state index < -0.39 is 17.5 Å². The van der Waals surface area contributed by atoms with E-state index in [4.69, 9.17) is 4.74 Å². The van der Waals surface area contributed by atoms with Crippen LogP contribution in [0.1, 0.15) is 30.0 Å². The highest BCUT2D eigenvalue weighted by molar-refractivity contribution is 7.99. The van der Waals surface area contributed by atoms with Crippen LogP contribution in [0.5, 0.6) is 5.75 Å². The van der Waals surface area contributed by atoms with Crippen molar-refractivity contribution < 1.29 is 19.1 Å². The zero-order valence-electron chi connectivity index (χ0n) is 18.2. The Morgan fingerprint density at radius 1 is 1.18 bits per heavy atom. The van der Waals surface area contributed by atoms with Gasteiger partial charge >= 0.3 is 6.03 Å². The Balaban J connectivity index is 1.42. The summed E-state index contributed by atoms with van der Waals surface area (Å²) in [6, 6.07) is 16.4. The fourth-order valence-corrected chi connectivity index (χ4v) is 5.82. The number of rotatable bonds is 5. The van der Waals surface area contributed by atoms with E-state index in [1.54, 1.807) is 18.9 Å². The van der Waals surface area contributed by atoms with Gasteiger partial charge in [0.25, 0.3) is 11.8 Å². The SMILES string of the molecule is COc1ccc(C2CC(c3ccccc3)=NN2C(=O)CN2C(=O)NC3(CCSC3)C2=O)cc1. The minimum Gasteiger partial charge on any atom is -0.497 e. The van der Waals surface area contributed by atoms with Gasteiger partial charge in [-0.2, -0.15) is 16.9 Å². The summed E-state index contributed by atoms with van der Waals surface area (Å²) < 4.78 is 5.26. The molecule has 0 bridgehead atoms. The summed E-state index contributed by atoms with van der Waals surface area (Å²) in [4.78, 5) is 40.0. The number of urea groups is 1. The molecule has 0 radical (unpaired) electrons. The van der Waals surface area contributed by atoms with Crippen molar-refractivity contribution in [3.05, 3.63) is 65.7 Å². The molecule has 0 aliphatic carbocycles. The van der Waals surface area contributed by atoms with Crippen molar-refractivity contribution in [2.75, 3.05) is 25.2 Å². The maximum Gasteiger partial charge on any atom is 0.325 e. The summed E-state index contributed by atoms with van der Waals surface area (Å²) in [6.07, 6.45) is 1.12. The number of nitrogens with zero attached hydrogens (tertiary/aromatic N) is 3. The highest BCUT2D eigenvalue weighted by atomic mass is 32.2. The number of carbonyl (C=O) groups excluding carboxylic acids is 3. The number of ether oxygens (including phenoxy) is 1. The maximum absolute atomic E-state index is 13.4. The standard InChI is InChI=1S/C24H24N4O4S/c1-32-18-9-7-17(8-10-18)20-13-19(16-5-3-2-4-6-16)26-28(20)21(29)14-27-22(30)24(25-23(27)31)11-12-33-15-24/h2-10,20H,11-15H2,1H3,(H,25,31). The Morgan fingerprint density at radius 3 is 2.61 bits per heavy atom. The molecule has 4 amide bonds. The molecule has 1 N–H and O–H groups in total. The number of hydrogen-bond acceptors (Lipinski definition) is 6. The average molecular weight is 465 g/mol. The fourth-order valence-electron chi connectivity index (χ4n) is 4.49. The van der Waals surface area contributed by atoms with E-state index in [9.17, 15) is 14.4 Å². The topological polar surface area (TPSA) is 91.3 Å². The highest BCUT2D eigenvalue weighted by Crippen LogP contribution is 2.36. The molecular formula is C24H24N4O4S. The van der Waals surface area contributed by atoms with E-state index in [1.807, 2.05) is 54.6 Å². The van der Waals surface area contributed by atoms with E-state index in [2.05, 4.69) is 10.4 Å². The van der Waals surface area contributed by atoms with Gasteiger partial charge in [0.15, 0.2) is 0 Å². The first-order valence-electron chi connectivity index (χ1n) is 10.8. The molecule has 2 atom stereocenters. The molecule has 1 spiro atoms. The number of hydrogen-bond donors (Lipinski definition) is 1. The first kappa shape index (κ1) is 21.5. The van der Waals surface area contributed by atoms with Gasteiger partial charge in [-0.25, -0.2) is 9.80 Å². The Bertz CT molecular complexity index is 1110. The molecule has 0 aromatic heterocycles. The third-order valence-electron chi connectivity index (χ3n) is 6.33. The van der Waals surface area contributed by atoms with Gasteiger partial charge in [0.1, 0.15) is 17.8 Å². The smallest absolute Gasteiger partial charge is 0.325 e. The van der Waals surface area contributed by atoms with E-state index >= 15 is 0 Å².